The second-order valence-electron chi connectivity index (χ2n) is 8.97. The van der Waals surface area contributed by atoms with E-state index >= 15 is 0 Å². The number of hydrogen-bond acceptors (Lipinski definition) is 6. The van der Waals surface area contributed by atoms with E-state index in [1.807, 2.05) is 31.2 Å². The van der Waals surface area contributed by atoms with Crippen LogP contribution in [0.25, 0.3) is 0 Å². The maximum atomic E-state index is 14.0. The molecule has 11 heteroatoms. The van der Waals surface area contributed by atoms with Crippen molar-refractivity contribution < 1.29 is 27.5 Å². The van der Waals surface area contributed by atoms with Gasteiger partial charge in [0.2, 0.25) is 11.8 Å². The molecule has 9 nitrogen and oxygen atoms in total. The molecule has 0 aromatic heterocycles. The lowest BCUT2D eigenvalue weighted by Crippen LogP contribution is -2.51. The number of hydrogen-bond donors (Lipinski definition) is 1. The number of ether oxygens (including phenoxy) is 2. The molecule has 214 valence electrons. The van der Waals surface area contributed by atoms with E-state index in [4.69, 9.17) is 9.47 Å². The number of rotatable bonds is 13. The molecular weight excluding hydrogens is 598 g/mol. The first-order valence-electron chi connectivity index (χ1n) is 12.7. The fourth-order valence-corrected chi connectivity index (χ4v) is 5.68. The topological polar surface area (TPSA) is 105 Å². The van der Waals surface area contributed by atoms with Gasteiger partial charge in [-0.25, -0.2) is 8.42 Å². The third-order valence-corrected chi connectivity index (χ3v) is 8.57. The molecule has 2 amide bonds. The van der Waals surface area contributed by atoms with Crippen molar-refractivity contribution in [3.05, 3.63) is 82.8 Å². The first kappa shape index (κ1) is 31.0. The predicted molar refractivity (Wildman–Crippen MR) is 158 cm³/mol. The average Bonchev–Trinajstić information content (AvgIpc) is 2.97. The highest BCUT2D eigenvalue weighted by atomic mass is 79.9. The first-order chi connectivity index (χ1) is 19.1. The van der Waals surface area contributed by atoms with Crippen LogP contribution >= 0.6 is 15.9 Å². The standard InChI is InChI=1S/C29H34BrN3O6S/c1-5-18-31-29(35)21(2)32(19-22-10-12-23(30)13-11-22)28(34)20-33(26-8-6-7-9-27(26)39-4)40(36,37)25-16-14-24(38-3)15-17-25/h6-17,21H,5,18-20H2,1-4H3,(H,31,35). The van der Waals surface area contributed by atoms with Gasteiger partial charge in [-0.3, -0.25) is 13.9 Å². The van der Waals surface area contributed by atoms with Gasteiger partial charge in [-0.05, 0) is 67.4 Å². The Morgan fingerprint density at radius 1 is 0.950 bits per heavy atom. The molecule has 0 aliphatic heterocycles. The molecular formula is C29H34BrN3O6S. The van der Waals surface area contributed by atoms with E-state index in [-0.39, 0.29) is 28.8 Å². The Morgan fingerprint density at radius 2 is 1.60 bits per heavy atom. The van der Waals surface area contributed by atoms with E-state index in [0.29, 0.717) is 12.3 Å². The summed E-state index contributed by atoms with van der Waals surface area (Å²) in [5, 5.41) is 2.83. The van der Waals surface area contributed by atoms with Crippen LogP contribution < -0.4 is 19.1 Å². The summed E-state index contributed by atoms with van der Waals surface area (Å²) in [6.45, 7) is 3.58. The van der Waals surface area contributed by atoms with Crippen molar-refractivity contribution in [1.82, 2.24) is 10.2 Å². The fourth-order valence-electron chi connectivity index (χ4n) is 3.99. The number of nitrogens with one attached hydrogen (secondary N) is 1. The van der Waals surface area contributed by atoms with Gasteiger partial charge < -0.3 is 19.7 Å². The van der Waals surface area contributed by atoms with Gasteiger partial charge in [0.1, 0.15) is 24.1 Å². The minimum atomic E-state index is -4.24. The van der Waals surface area contributed by atoms with Crippen LogP contribution in [0.1, 0.15) is 25.8 Å². The van der Waals surface area contributed by atoms with E-state index in [0.717, 1.165) is 20.8 Å². The molecule has 3 rings (SSSR count). The van der Waals surface area contributed by atoms with Crippen LogP contribution in [0.4, 0.5) is 5.69 Å². The van der Waals surface area contributed by atoms with Crippen molar-refractivity contribution in [3.8, 4) is 11.5 Å². The molecule has 3 aromatic carbocycles. The van der Waals surface area contributed by atoms with E-state index in [1.54, 1.807) is 31.2 Å². The second-order valence-corrected chi connectivity index (χ2v) is 11.8. The van der Waals surface area contributed by atoms with Crippen molar-refractivity contribution in [2.75, 3.05) is 31.6 Å². The summed E-state index contributed by atoms with van der Waals surface area (Å²) in [5.41, 5.74) is 0.981. The third kappa shape index (κ3) is 7.54. The summed E-state index contributed by atoms with van der Waals surface area (Å²) in [7, 11) is -1.32. The molecule has 40 heavy (non-hydrogen) atoms. The van der Waals surface area contributed by atoms with Gasteiger partial charge in [-0.15, -0.1) is 0 Å². The molecule has 0 spiro atoms. The minimum absolute atomic E-state index is 0.0276. The van der Waals surface area contributed by atoms with Gasteiger partial charge in [0, 0.05) is 17.6 Å². The first-order valence-corrected chi connectivity index (χ1v) is 15.0. The summed E-state index contributed by atoms with van der Waals surface area (Å²) in [5.74, 6) is -0.105. The zero-order valence-electron chi connectivity index (χ0n) is 23.0. The van der Waals surface area contributed by atoms with E-state index in [2.05, 4.69) is 21.2 Å². The van der Waals surface area contributed by atoms with Crippen LogP contribution in [-0.4, -0.2) is 58.5 Å². The molecule has 0 aliphatic carbocycles. The number of para-hydroxylation sites is 2. The van der Waals surface area contributed by atoms with Gasteiger partial charge in [0.25, 0.3) is 10.0 Å². The Morgan fingerprint density at radius 3 is 2.20 bits per heavy atom. The van der Waals surface area contributed by atoms with Gasteiger partial charge in [-0.2, -0.15) is 0 Å². The lowest BCUT2D eigenvalue weighted by molar-refractivity contribution is -0.139. The summed E-state index contributed by atoms with van der Waals surface area (Å²) in [6.07, 6.45) is 0.737. The Kier molecular flexibility index (Phi) is 11.0. The Hall–Kier alpha value is -3.57. The molecule has 0 radical (unpaired) electrons. The van der Waals surface area contributed by atoms with E-state index in [9.17, 15) is 18.0 Å². The van der Waals surface area contributed by atoms with Crippen molar-refractivity contribution in [2.24, 2.45) is 0 Å². The van der Waals surface area contributed by atoms with Crippen LogP contribution in [-0.2, 0) is 26.2 Å². The summed E-state index contributed by atoms with van der Waals surface area (Å²) >= 11 is 3.41. The molecule has 3 aromatic rings. The Labute approximate surface area is 244 Å². The van der Waals surface area contributed by atoms with Crippen molar-refractivity contribution in [2.45, 2.75) is 37.8 Å². The maximum absolute atomic E-state index is 14.0. The number of halogens is 1. The number of benzene rings is 3. The number of carbonyl (C=O) groups excluding carboxylic acids is 2. The molecule has 0 aliphatic rings. The second kappa shape index (κ2) is 14.2. The van der Waals surface area contributed by atoms with Crippen LogP contribution in [0, 0.1) is 0 Å². The largest absolute Gasteiger partial charge is 0.497 e. The summed E-state index contributed by atoms with van der Waals surface area (Å²) in [6, 6.07) is 19.0. The molecule has 1 unspecified atom stereocenters. The van der Waals surface area contributed by atoms with Crippen molar-refractivity contribution in [1.29, 1.82) is 0 Å². The highest BCUT2D eigenvalue weighted by molar-refractivity contribution is 9.10. The number of carbonyl (C=O) groups is 2. The number of methoxy groups -OCH3 is 2. The van der Waals surface area contributed by atoms with Crippen LogP contribution in [0.3, 0.4) is 0 Å². The van der Waals surface area contributed by atoms with Crippen molar-refractivity contribution >= 4 is 43.5 Å². The van der Waals surface area contributed by atoms with Crippen LogP contribution in [0.15, 0.2) is 82.2 Å². The number of sulfonamides is 1. The Balaban J connectivity index is 2.05. The molecule has 0 saturated carbocycles. The third-order valence-electron chi connectivity index (χ3n) is 6.26. The van der Waals surface area contributed by atoms with Gasteiger partial charge >= 0.3 is 0 Å². The van der Waals surface area contributed by atoms with Gasteiger partial charge in [0.05, 0.1) is 24.8 Å². The van der Waals surface area contributed by atoms with Crippen molar-refractivity contribution in [3.63, 3.8) is 0 Å². The molecule has 0 fully saturated rings. The molecule has 1 N–H and O–H groups in total. The zero-order chi connectivity index (χ0) is 29.3. The molecule has 1 atom stereocenters. The average molecular weight is 633 g/mol. The number of anilines is 1. The van der Waals surface area contributed by atoms with E-state index < -0.39 is 28.5 Å². The van der Waals surface area contributed by atoms with Gasteiger partial charge in [-0.1, -0.05) is 47.1 Å². The highest BCUT2D eigenvalue weighted by Crippen LogP contribution is 2.33. The molecule has 0 heterocycles. The quantitative estimate of drug-likeness (QED) is 0.295. The smallest absolute Gasteiger partial charge is 0.264 e. The normalized spacial score (nSPS) is 11.8. The predicted octanol–water partition coefficient (Wildman–Crippen LogP) is 4.61. The van der Waals surface area contributed by atoms with Crippen LogP contribution in [0.5, 0.6) is 11.5 Å². The lowest BCUT2D eigenvalue weighted by Gasteiger charge is -2.32. The summed E-state index contributed by atoms with van der Waals surface area (Å²) in [4.78, 5) is 28.3. The maximum Gasteiger partial charge on any atom is 0.264 e. The molecule has 0 bridgehead atoms. The summed E-state index contributed by atoms with van der Waals surface area (Å²) < 4.78 is 40.5. The zero-order valence-corrected chi connectivity index (χ0v) is 25.4. The fraction of sp³-hybridized carbons (Fsp3) is 0.310. The SMILES string of the molecule is CCCNC(=O)C(C)N(Cc1ccc(Br)cc1)C(=O)CN(c1ccccc1OC)S(=O)(=O)c1ccc(OC)cc1. The monoisotopic (exact) mass is 631 g/mol. The highest BCUT2D eigenvalue weighted by Gasteiger charge is 2.33. The Bertz CT molecular complexity index is 1400. The number of amides is 2. The number of nitrogens with zero attached hydrogens (tertiary/aromatic N) is 2. The van der Waals surface area contributed by atoms with Gasteiger partial charge in [0.15, 0.2) is 0 Å². The van der Waals surface area contributed by atoms with E-state index in [1.165, 1.54) is 43.4 Å². The minimum Gasteiger partial charge on any atom is -0.497 e. The molecule has 0 saturated heterocycles. The van der Waals surface area contributed by atoms with Crippen LogP contribution in [0.2, 0.25) is 0 Å². The lowest BCUT2D eigenvalue weighted by atomic mass is 10.1.